The van der Waals surface area contributed by atoms with Crippen molar-refractivity contribution in [2.45, 2.75) is 40.3 Å². The first-order valence-electron chi connectivity index (χ1n) is 9.53. The smallest absolute Gasteiger partial charge is 0.310 e. The van der Waals surface area contributed by atoms with E-state index in [1.807, 2.05) is 29.7 Å². The number of fused-ring (bicyclic) bond motifs is 3. The third-order valence-electron chi connectivity index (χ3n) is 5.39. The Balaban J connectivity index is 1.91. The summed E-state index contributed by atoms with van der Waals surface area (Å²) in [5.41, 5.74) is 2.38. The lowest BCUT2D eigenvalue weighted by Gasteiger charge is -2.18. The lowest BCUT2D eigenvalue weighted by atomic mass is 10.1. The summed E-state index contributed by atoms with van der Waals surface area (Å²) < 4.78 is 4.74. The largest absolute Gasteiger partial charge is 0.332 e. The second-order valence-electron chi connectivity index (χ2n) is 7.80. The second-order valence-corrected chi connectivity index (χ2v) is 8.24. The molecule has 0 saturated heterocycles. The minimum atomic E-state index is -0.319. The summed E-state index contributed by atoms with van der Waals surface area (Å²) in [6.45, 7) is 7.93. The average molecular weight is 402 g/mol. The van der Waals surface area contributed by atoms with E-state index in [0.717, 1.165) is 17.7 Å². The van der Waals surface area contributed by atoms with Gasteiger partial charge in [-0.05, 0) is 37.0 Å². The zero-order valence-electron chi connectivity index (χ0n) is 16.6. The highest BCUT2D eigenvalue weighted by molar-refractivity contribution is 6.30. The van der Waals surface area contributed by atoms with Crippen molar-refractivity contribution in [3.05, 3.63) is 49.6 Å². The van der Waals surface area contributed by atoms with Crippen LogP contribution in [0.15, 0.2) is 27.8 Å². The number of rotatable bonds is 4. The van der Waals surface area contributed by atoms with E-state index in [4.69, 9.17) is 11.6 Å². The maximum atomic E-state index is 13.1. The van der Waals surface area contributed by atoms with Crippen molar-refractivity contribution >= 4 is 34.4 Å². The van der Waals surface area contributed by atoms with Gasteiger partial charge in [-0.3, -0.25) is 13.9 Å². The molecule has 7 nitrogen and oxygen atoms in total. The fourth-order valence-corrected chi connectivity index (χ4v) is 3.93. The summed E-state index contributed by atoms with van der Waals surface area (Å²) in [6, 6.07) is 5.74. The van der Waals surface area contributed by atoms with Gasteiger partial charge in [0, 0.05) is 37.4 Å². The lowest BCUT2D eigenvalue weighted by Crippen LogP contribution is -2.40. The van der Waals surface area contributed by atoms with E-state index in [-0.39, 0.29) is 11.2 Å². The highest BCUT2D eigenvalue weighted by atomic mass is 35.5. The van der Waals surface area contributed by atoms with Gasteiger partial charge in [-0.25, -0.2) is 4.79 Å². The molecule has 28 heavy (non-hydrogen) atoms. The minimum Gasteiger partial charge on any atom is -0.310 e. The molecular formula is C20H24ClN5O2. The fourth-order valence-electron chi connectivity index (χ4n) is 3.76. The van der Waals surface area contributed by atoms with Gasteiger partial charge in [0.15, 0.2) is 11.2 Å². The predicted octanol–water partition coefficient (Wildman–Crippen LogP) is 3.06. The van der Waals surface area contributed by atoms with Crippen LogP contribution in [-0.2, 0) is 20.1 Å². The number of nitrogens with zero attached hydrogens (tertiary/aromatic N) is 5. The predicted molar refractivity (Wildman–Crippen MR) is 112 cm³/mol. The van der Waals surface area contributed by atoms with Gasteiger partial charge in [0.2, 0.25) is 5.95 Å². The highest BCUT2D eigenvalue weighted by Gasteiger charge is 2.29. The van der Waals surface area contributed by atoms with Crippen molar-refractivity contribution in [3.63, 3.8) is 0 Å². The summed E-state index contributed by atoms with van der Waals surface area (Å²) >= 11 is 6.20. The Bertz CT molecular complexity index is 1190. The molecule has 3 heterocycles. The van der Waals surface area contributed by atoms with E-state index in [9.17, 15) is 9.59 Å². The molecule has 1 aliphatic rings. The van der Waals surface area contributed by atoms with Gasteiger partial charge in [0.05, 0.1) is 0 Å². The Morgan fingerprint density at radius 2 is 1.96 bits per heavy atom. The second kappa shape index (κ2) is 6.81. The molecule has 0 atom stereocenters. The fraction of sp³-hybridized carbons (Fsp3) is 0.450. The molecule has 148 valence electrons. The Morgan fingerprint density at radius 1 is 1.21 bits per heavy atom. The first kappa shape index (κ1) is 18.8. The third-order valence-corrected chi connectivity index (χ3v) is 5.63. The van der Waals surface area contributed by atoms with Crippen LogP contribution < -0.4 is 16.1 Å². The Morgan fingerprint density at radius 3 is 2.68 bits per heavy atom. The van der Waals surface area contributed by atoms with E-state index in [1.54, 1.807) is 7.05 Å². The van der Waals surface area contributed by atoms with Crippen LogP contribution in [-0.4, -0.2) is 25.2 Å². The van der Waals surface area contributed by atoms with Gasteiger partial charge in [-0.2, -0.15) is 4.98 Å². The van der Waals surface area contributed by atoms with Crippen LogP contribution in [0.1, 0.15) is 25.8 Å². The molecule has 0 radical (unpaired) electrons. The molecule has 2 aromatic heterocycles. The van der Waals surface area contributed by atoms with Crippen molar-refractivity contribution in [2.75, 3.05) is 11.4 Å². The molecule has 0 aliphatic carbocycles. The summed E-state index contributed by atoms with van der Waals surface area (Å²) in [5.74, 6) is 1.08. The molecule has 1 aliphatic heterocycles. The summed E-state index contributed by atoms with van der Waals surface area (Å²) in [7, 11) is 1.67. The number of benzene rings is 1. The number of hydrogen-bond donors (Lipinski definition) is 0. The van der Waals surface area contributed by atoms with E-state index >= 15 is 0 Å². The van der Waals surface area contributed by atoms with E-state index in [1.165, 1.54) is 9.13 Å². The number of anilines is 2. The van der Waals surface area contributed by atoms with Crippen molar-refractivity contribution in [1.29, 1.82) is 0 Å². The number of aryl methyl sites for hydroxylation is 2. The normalized spacial score (nSPS) is 13.7. The monoisotopic (exact) mass is 401 g/mol. The van der Waals surface area contributed by atoms with E-state index < -0.39 is 0 Å². The molecule has 3 aromatic rings. The van der Waals surface area contributed by atoms with Crippen molar-refractivity contribution in [3.8, 4) is 0 Å². The van der Waals surface area contributed by atoms with Crippen molar-refractivity contribution in [2.24, 2.45) is 13.0 Å². The molecule has 1 aromatic carbocycles. The van der Waals surface area contributed by atoms with Crippen LogP contribution in [0.2, 0.25) is 5.02 Å². The molecule has 4 rings (SSSR count). The van der Waals surface area contributed by atoms with Crippen LogP contribution in [0.3, 0.4) is 0 Å². The molecule has 0 amide bonds. The van der Waals surface area contributed by atoms with Crippen LogP contribution >= 0.6 is 11.6 Å². The Labute approximate surface area is 167 Å². The maximum absolute atomic E-state index is 13.1. The van der Waals surface area contributed by atoms with E-state index in [0.29, 0.717) is 47.7 Å². The SMILES string of the molecule is Cc1ccc(Cl)cc1N1CCn2c1nc1c2c(=O)n(CCC(C)C)c(=O)n1C. The summed E-state index contributed by atoms with van der Waals surface area (Å²) in [6.07, 6.45) is 0.773. The number of aromatic nitrogens is 4. The molecular weight excluding hydrogens is 378 g/mol. The molecule has 0 spiro atoms. The molecule has 0 bridgehead atoms. The van der Waals surface area contributed by atoms with Crippen LogP contribution in [0.5, 0.6) is 0 Å². The van der Waals surface area contributed by atoms with E-state index in [2.05, 4.69) is 23.7 Å². The number of imidazole rings is 1. The Kier molecular flexibility index (Phi) is 4.57. The first-order valence-corrected chi connectivity index (χ1v) is 9.91. The first-order chi connectivity index (χ1) is 13.3. The zero-order valence-corrected chi connectivity index (χ0v) is 17.3. The lowest BCUT2D eigenvalue weighted by molar-refractivity contribution is 0.487. The third kappa shape index (κ3) is 2.85. The average Bonchev–Trinajstić information content (AvgIpc) is 3.21. The van der Waals surface area contributed by atoms with Crippen molar-refractivity contribution in [1.82, 2.24) is 18.7 Å². The van der Waals surface area contributed by atoms with Gasteiger partial charge >= 0.3 is 5.69 Å². The molecule has 8 heteroatoms. The van der Waals surface area contributed by atoms with Crippen LogP contribution in [0, 0.1) is 12.8 Å². The van der Waals surface area contributed by atoms with Gasteiger partial charge in [-0.15, -0.1) is 0 Å². The summed E-state index contributed by atoms with van der Waals surface area (Å²) in [5, 5.41) is 0.651. The van der Waals surface area contributed by atoms with Crippen LogP contribution in [0.4, 0.5) is 11.6 Å². The standard InChI is InChI=1S/C20H24ClN5O2/c1-12(2)7-8-26-18(27)16-17(23(4)20(26)28)22-19-24(9-10-25(16)19)15-11-14(21)6-5-13(15)3/h5-6,11-12H,7-10H2,1-4H3. The molecule has 0 fully saturated rings. The topological polar surface area (TPSA) is 65.1 Å². The van der Waals surface area contributed by atoms with Gasteiger partial charge in [0.1, 0.15) is 0 Å². The minimum absolute atomic E-state index is 0.262. The molecule has 0 unspecified atom stereocenters. The number of halogens is 1. The van der Waals surface area contributed by atoms with Gasteiger partial charge in [0.25, 0.3) is 5.56 Å². The van der Waals surface area contributed by atoms with Crippen LogP contribution in [0.25, 0.3) is 11.2 Å². The van der Waals surface area contributed by atoms with Gasteiger partial charge < -0.3 is 9.47 Å². The summed E-state index contributed by atoms with van der Waals surface area (Å²) in [4.78, 5) is 32.6. The maximum Gasteiger partial charge on any atom is 0.332 e. The molecule has 0 N–H and O–H groups in total. The van der Waals surface area contributed by atoms with Gasteiger partial charge in [-0.1, -0.05) is 31.5 Å². The van der Waals surface area contributed by atoms with Crippen molar-refractivity contribution < 1.29 is 0 Å². The number of hydrogen-bond acceptors (Lipinski definition) is 4. The molecule has 0 saturated carbocycles. The highest BCUT2D eigenvalue weighted by Crippen LogP contribution is 2.34. The Hall–Kier alpha value is -2.54. The zero-order chi connectivity index (χ0) is 20.2. The quantitative estimate of drug-likeness (QED) is 0.674.